The number of rotatable bonds is 6. The molecule has 6 heteroatoms. The lowest BCUT2D eigenvalue weighted by atomic mass is 9.97. The summed E-state index contributed by atoms with van der Waals surface area (Å²) in [5.74, 6) is 0. The Labute approximate surface area is 106 Å². The van der Waals surface area contributed by atoms with Gasteiger partial charge >= 0.3 is 0 Å². The Bertz CT molecular complexity index is 431. The summed E-state index contributed by atoms with van der Waals surface area (Å²) in [6, 6.07) is 4.24. The van der Waals surface area contributed by atoms with Gasteiger partial charge in [-0.1, -0.05) is 13.8 Å². The average Bonchev–Trinajstić information content (AvgIpc) is 2.36. The maximum absolute atomic E-state index is 10.6. The van der Waals surface area contributed by atoms with Gasteiger partial charge in [-0.3, -0.25) is 10.1 Å². The highest BCUT2D eigenvalue weighted by Crippen LogP contribution is 2.25. The molecule has 0 aliphatic carbocycles. The lowest BCUT2D eigenvalue weighted by molar-refractivity contribution is -0.384. The molecule has 0 atom stereocenters. The van der Waals surface area contributed by atoms with Crippen LogP contribution < -0.4 is 11.1 Å². The number of aliphatic hydroxyl groups is 1. The fourth-order valence-electron chi connectivity index (χ4n) is 1.58. The van der Waals surface area contributed by atoms with Gasteiger partial charge in [-0.15, -0.1) is 0 Å². The number of nitro groups is 1. The van der Waals surface area contributed by atoms with Gasteiger partial charge in [0, 0.05) is 18.7 Å². The number of nitrogens with two attached hydrogens (primary N) is 1. The third-order valence-electron chi connectivity index (χ3n) is 3.17. The van der Waals surface area contributed by atoms with Crippen LogP contribution in [-0.2, 0) is 0 Å². The number of non-ortho nitro benzene ring substituents is 1. The second-order valence-electron chi connectivity index (χ2n) is 4.31. The van der Waals surface area contributed by atoms with Gasteiger partial charge < -0.3 is 16.2 Å². The van der Waals surface area contributed by atoms with Crippen LogP contribution in [0.15, 0.2) is 18.2 Å². The maximum Gasteiger partial charge on any atom is 0.271 e. The number of nitro benzene ring substituents is 1. The normalized spacial score (nSPS) is 11.3. The molecule has 0 amide bonds. The molecule has 1 aromatic carbocycles. The van der Waals surface area contributed by atoms with Crippen LogP contribution in [0.5, 0.6) is 0 Å². The molecule has 4 N–H and O–H groups in total. The van der Waals surface area contributed by atoms with Gasteiger partial charge in [0.2, 0.25) is 0 Å². The van der Waals surface area contributed by atoms with Crippen LogP contribution in [-0.4, -0.2) is 22.2 Å². The van der Waals surface area contributed by atoms with Crippen molar-refractivity contribution in [3.05, 3.63) is 28.3 Å². The fourth-order valence-corrected chi connectivity index (χ4v) is 1.58. The average molecular weight is 253 g/mol. The monoisotopic (exact) mass is 253 g/mol. The Balaban J connectivity index is 2.77. The van der Waals surface area contributed by atoms with Gasteiger partial charge in [-0.25, -0.2) is 0 Å². The van der Waals surface area contributed by atoms with E-state index in [1.807, 2.05) is 13.8 Å². The van der Waals surface area contributed by atoms with Gasteiger partial charge in [0.05, 0.1) is 21.9 Å². The van der Waals surface area contributed by atoms with E-state index in [-0.39, 0.29) is 5.69 Å². The van der Waals surface area contributed by atoms with Gasteiger partial charge in [0.1, 0.15) is 0 Å². The zero-order valence-corrected chi connectivity index (χ0v) is 10.6. The Morgan fingerprint density at radius 1 is 1.44 bits per heavy atom. The van der Waals surface area contributed by atoms with Gasteiger partial charge in [-0.2, -0.15) is 0 Å². The number of nitrogen functional groups attached to an aromatic ring is 1. The third-order valence-corrected chi connectivity index (χ3v) is 3.17. The first-order chi connectivity index (χ1) is 8.41. The van der Waals surface area contributed by atoms with E-state index in [2.05, 4.69) is 5.32 Å². The summed E-state index contributed by atoms with van der Waals surface area (Å²) in [5.41, 5.74) is 5.80. The standard InChI is InChI=1S/C12H19N3O3/c1-3-12(16,4-2)8-14-11-6-5-9(15(17)18)7-10(11)13/h5-7,14,16H,3-4,8,13H2,1-2H3. The molecule has 100 valence electrons. The molecular weight excluding hydrogens is 234 g/mol. The lowest BCUT2D eigenvalue weighted by Gasteiger charge is -2.26. The first-order valence-electron chi connectivity index (χ1n) is 5.92. The van der Waals surface area contributed by atoms with Gasteiger partial charge in [0.15, 0.2) is 0 Å². The van der Waals surface area contributed by atoms with Crippen molar-refractivity contribution in [2.75, 3.05) is 17.6 Å². The second kappa shape index (κ2) is 5.68. The summed E-state index contributed by atoms with van der Waals surface area (Å²) in [7, 11) is 0. The van der Waals surface area contributed by atoms with E-state index in [9.17, 15) is 15.2 Å². The SMILES string of the molecule is CCC(O)(CC)CNc1ccc([N+](=O)[O-])cc1N. The summed E-state index contributed by atoms with van der Waals surface area (Å²) in [5, 5.41) is 23.7. The summed E-state index contributed by atoms with van der Waals surface area (Å²) in [6.07, 6.45) is 1.26. The minimum absolute atomic E-state index is 0.0423. The van der Waals surface area contributed by atoms with Crippen LogP contribution in [0.1, 0.15) is 26.7 Å². The van der Waals surface area contributed by atoms with E-state index < -0.39 is 10.5 Å². The smallest absolute Gasteiger partial charge is 0.271 e. The van der Waals surface area contributed by atoms with Crippen molar-refractivity contribution in [2.45, 2.75) is 32.3 Å². The molecule has 0 bridgehead atoms. The quantitative estimate of drug-likeness (QED) is 0.409. The topological polar surface area (TPSA) is 101 Å². The van der Waals surface area contributed by atoms with Crippen LogP contribution in [0.3, 0.4) is 0 Å². The molecule has 1 aromatic rings. The predicted molar refractivity (Wildman–Crippen MR) is 71.5 cm³/mol. The highest BCUT2D eigenvalue weighted by atomic mass is 16.6. The molecule has 0 fully saturated rings. The molecule has 0 unspecified atom stereocenters. The Hall–Kier alpha value is -1.82. The third kappa shape index (κ3) is 3.33. The van der Waals surface area contributed by atoms with Crippen molar-refractivity contribution >= 4 is 17.1 Å². The second-order valence-corrected chi connectivity index (χ2v) is 4.31. The van der Waals surface area contributed by atoms with E-state index in [4.69, 9.17) is 5.73 Å². The zero-order chi connectivity index (χ0) is 13.8. The van der Waals surface area contributed by atoms with E-state index in [1.165, 1.54) is 12.1 Å². The molecule has 0 spiro atoms. The first kappa shape index (κ1) is 14.2. The lowest BCUT2D eigenvalue weighted by Crippen LogP contribution is -2.35. The van der Waals surface area contributed by atoms with Crippen molar-refractivity contribution in [1.29, 1.82) is 0 Å². The number of hydrogen-bond acceptors (Lipinski definition) is 5. The first-order valence-corrected chi connectivity index (χ1v) is 5.92. The predicted octanol–water partition coefficient (Wildman–Crippen LogP) is 2.14. The largest absolute Gasteiger partial charge is 0.397 e. The molecule has 0 aliphatic heterocycles. The number of hydrogen-bond donors (Lipinski definition) is 3. The molecule has 0 aromatic heterocycles. The highest BCUT2D eigenvalue weighted by molar-refractivity contribution is 5.69. The molecule has 0 heterocycles. The molecule has 0 aliphatic rings. The van der Waals surface area contributed by atoms with Crippen LogP contribution in [0.4, 0.5) is 17.1 Å². The van der Waals surface area contributed by atoms with Crippen LogP contribution >= 0.6 is 0 Å². The Kier molecular flexibility index (Phi) is 4.49. The van der Waals surface area contributed by atoms with Crippen molar-refractivity contribution in [3.8, 4) is 0 Å². The van der Waals surface area contributed by atoms with Gasteiger partial charge in [0.25, 0.3) is 5.69 Å². The zero-order valence-electron chi connectivity index (χ0n) is 10.6. The van der Waals surface area contributed by atoms with Crippen molar-refractivity contribution in [1.82, 2.24) is 0 Å². The summed E-state index contributed by atoms with van der Waals surface area (Å²) >= 11 is 0. The van der Waals surface area contributed by atoms with Crippen LogP contribution in [0, 0.1) is 10.1 Å². The Morgan fingerprint density at radius 3 is 2.50 bits per heavy atom. The van der Waals surface area contributed by atoms with Crippen molar-refractivity contribution in [2.24, 2.45) is 0 Å². The molecule has 0 saturated heterocycles. The minimum Gasteiger partial charge on any atom is -0.397 e. The fraction of sp³-hybridized carbons (Fsp3) is 0.500. The van der Waals surface area contributed by atoms with E-state index in [1.54, 1.807) is 6.07 Å². The molecule has 6 nitrogen and oxygen atoms in total. The van der Waals surface area contributed by atoms with Crippen LogP contribution in [0.2, 0.25) is 0 Å². The molecule has 0 radical (unpaired) electrons. The summed E-state index contributed by atoms with van der Waals surface area (Å²) in [4.78, 5) is 10.1. The Morgan fingerprint density at radius 2 is 2.06 bits per heavy atom. The summed E-state index contributed by atoms with van der Waals surface area (Å²) < 4.78 is 0. The highest BCUT2D eigenvalue weighted by Gasteiger charge is 2.22. The van der Waals surface area contributed by atoms with Crippen LogP contribution in [0.25, 0.3) is 0 Å². The molecule has 18 heavy (non-hydrogen) atoms. The van der Waals surface area contributed by atoms with E-state index in [0.717, 1.165) is 0 Å². The van der Waals surface area contributed by atoms with Crippen molar-refractivity contribution in [3.63, 3.8) is 0 Å². The number of benzene rings is 1. The molecule has 0 saturated carbocycles. The molecular formula is C12H19N3O3. The van der Waals surface area contributed by atoms with Crippen molar-refractivity contribution < 1.29 is 10.0 Å². The minimum atomic E-state index is -0.784. The number of nitrogens with zero attached hydrogens (tertiary/aromatic N) is 1. The number of anilines is 2. The maximum atomic E-state index is 10.6. The van der Waals surface area contributed by atoms with E-state index >= 15 is 0 Å². The number of nitrogens with one attached hydrogen (secondary N) is 1. The van der Waals surface area contributed by atoms with E-state index in [0.29, 0.717) is 30.8 Å². The summed E-state index contributed by atoms with van der Waals surface area (Å²) in [6.45, 7) is 4.18. The van der Waals surface area contributed by atoms with Gasteiger partial charge in [-0.05, 0) is 18.9 Å². The molecule has 1 rings (SSSR count).